The fourth-order valence-electron chi connectivity index (χ4n) is 2.20. The molecule has 5 heteroatoms. The van der Waals surface area contributed by atoms with Gasteiger partial charge < -0.3 is 4.74 Å². The minimum atomic E-state index is -0.533. The Bertz CT molecular complexity index is 379. The summed E-state index contributed by atoms with van der Waals surface area (Å²) in [7, 11) is 0. The zero-order chi connectivity index (χ0) is 10.1. The molecule has 3 aliphatic heterocycles. The van der Waals surface area contributed by atoms with E-state index in [4.69, 9.17) is 4.74 Å². The molecule has 0 spiro atoms. The molecule has 0 aromatic carbocycles. The topological polar surface area (TPSA) is 58.7 Å². The molecule has 0 bridgehead atoms. The van der Waals surface area contributed by atoms with Gasteiger partial charge in [0.1, 0.15) is 12.7 Å². The quantitative estimate of drug-likeness (QED) is 0.624. The van der Waals surface area contributed by atoms with Gasteiger partial charge in [-0.15, -0.1) is 0 Å². The van der Waals surface area contributed by atoms with Crippen molar-refractivity contribution in [2.24, 2.45) is 20.0 Å². The van der Waals surface area contributed by atoms with E-state index in [1.165, 1.54) is 12.8 Å². The molecule has 1 fully saturated rings. The van der Waals surface area contributed by atoms with Crippen molar-refractivity contribution in [3.8, 4) is 0 Å². The van der Waals surface area contributed by atoms with Crippen LogP contribution in [0.5, 0.6) is 0 Å². The van der Waals surface area contributed by atoms with Crippen LogP contribution in [0.15, 0.2) is 20.0 Å². The Labute approximate surface area is 87.7 Å². The lowest BCUT2D eigenvalue weighted by Gasteiger charge is -2.34. The predicted molar refractivity (Wildman–Crippen MR) is 59.2 cm³/mol. The molecule has 2 atom stereocenters. The Hall–Kier alpha value is -1.36. The predicted octanol–water partition coefficient (Wildman–Crippen LogP) is 0.847. The molecule has 3 aliphatic rings. The van der Waals surface area contributed by atoms with Gasteiger partial charge in [0.25, 0.3) is 0 Å². The Morgan fingerprint density at radius 1 is 1.33 bits per heavy atom. The molecule has 0 radical (unpaired) electrons. The lowest BCUT2D eigenvalue weighted by molar-refractivity contribution is 0.00294. The first kappa shape index (κ1) is 8.91. The van der Waals surface area contributed by atoms with Crippen LogP contribution in [0.2, 0.25) is 0 Å². The maximum Gasteiger partial charge on any atom is 0.183 e. The monoisotopic (exact) mass is 204 g/mol. The molecular weight excluding hydrogens is 192 g/mol. The van der Waals surface area contributed by atoms with Gasteiger partial charge in [-0.25, -0.2) is 15.0 Å². The van der Waals surface area contributed by atoms with E-state index in [0.717, 1.165) is 19.4 Å². The molecular formula is C10H12N4O. The molecule has 1 saturated heterocycles. The summed E-state index contributed by atoms with van der Waals surface area (Å²) in [5, 5.41) is 0. The fraction of sp³-hybridized carbons (Fsp3) is 0.600. The third kappa shape index (κ3) is 1.26. The number of hydrogen-bond acceptors (Lipinski definition) is 5. The summed E-state index contributed by atoms with van der Waals surface area (Å²) in [6.07, 6.45) is 8.22. The lowest BCUT2D eigenvalue weighted by atomic mass is 9.88. The maximum absolute atomic E-state index is 5.76. The Morgan fingerprint density at radius 2 is 2.33 bits per heavy atom. The van der Waals surface area contributed by atoms with E-state index in [1.807, 2.05) is 0 Å². The van der Waals surface area contributed by atoms with E-state index >= 15 is 0 Å². The van der Waals surface area contributed by atoms with Crippen molar-refractivity contribution < 1.29 is 4.74 Å². The van der Waals surface area contributed by atoms with Crippen LogP contribution in [-0.4, -0.2) is 43.0 Å². The van der Waals surface area contributed by atoms with Crippen molar-refractivity contribution in [1.29, 1.82) is 0 Å². The van der Waals surface area contributed by atoms with Gasteiger partial charge in [-0.1, -0.05) is 0 Å². The van der Waals surface area contributed by atoms with Crippen molar-refractivity contribution in [3.63, 3.8) is 0 Å². The van der Waals surface area contributed by atoms with Crippen LogP contribution in [0.1, 0.15) is 19.3 Å². The van der Waals surface area contributed by atoms with Gasteiger partial charge in [0, 0.05) is 12.8 Å². The number of amidine groups is 1. The maximum atomic E-state index is 5.76. The van der Waals surface area contributed by atoms with Crippen LogP contribution in [0.4, 0.5) is 0 Å². The van der Waals surface area contributed by atoms with E-state index in [9.17, 15) is 0 Å². The summed E-state index contributed by atoms with van der Waals surface area (Å²) >= 11 is 0. The molecule has 0 aliphatic carbocycles. The molecule has 0 aromatic rings. The molecule has 0 aromatic heterocycles. The second-order valence-electron chi connectivity index (χ2n) is 3.90. The van der Waals surface area contributed by atoms with Gasteiger partial charge >= 0.3 is 0 Å². The van der Waals surface area contributed by atoms with Gasteiger partial charge in [0.15, 0.2) is 11.4 Å². The Kier molecular flexibility index (Phi) is 1.98. The number of nitrogens with zero attached hydrogens (tertiary/aromatic N) is 4. The van der Waals surface area contributed by atoms with E-state index in [1.54, 1.807) is 12.6 Å². The highest BCUT2D eigenvalue weighted by Crippen LogP contribution is 2.30. The average molecular weight is 204 g/mol. The van der Waals surface area contributed by atoms with Crippen LogP contribution < -0.4 is 0 Å². The summed E-state index contributed by atoms with van der Waals surface area (Å²) in [5.74, 6) is 0.712. The Balaban J connectivity index is 1.94. The largest absolute Gasteiger partial charge is 0.375 e. The normalized spacial score (nSPS) is 37.9. The number of rotatable bonds is 1. The molecule has 15 heavy (non-hydrogen) atoms. The van der Waals surface area contributed by atoms with Gasteiger partial charge in [-0.2, -0.15) is 0 Å². The standard InChI is InChI=1S/C10H12N4O/c1-2-4-15-8(3-1)10-5-11-6-12-9(10)13-7-14-10/h5-8H,1-4H2. The van der Waals surface area contributed by atoms with Crippen molar-refractivity contribution in [2.45, 2.75) is 30.9 Å². The highest BCUT2D eigenvalue weighted by molar-refractivity contribution is 6.18. The van der Waals surface area contributed by atoms with Gasteiger partial charge in [-0.05, 0) is 19.3 Å². The van der Waals surface area contributed by atoms with Crippen molar-refractivity contribution >= 4 is 24.7 Å². The lowest BCUT2D eigenvalue weighted by Crippen LogP contribution is -2.50. The highest BCUT2D eigenvalue weighted by Gasteiger charge is 2.46. The minimum Gasteiger partial charge on any atom is -0.375 e. The first-order valence-corrected chi connectivity index (χ1v) is 5.22. The second kappa shape index (κ2) is 3.34. The number of fused-ring (bicyclic) bond motifs is 1. The molecule has 2 unspecified atom stereocenters. The van der Waals surface area contributed by atoms with Gasteiger partial charge in [0.05, 0.1) is 6.10 Å². The highest BCUT2D eigenvalue weighted by atomic mass is 16.5. The third-order valence-corrected chi connectivity index (χ3v) is 3.00. The molecule has 5 nitrogen and oxygen atoms in total. The first-order chi connectivity index (χ1) is 7.42. The molecule has 3 heterocycles. The van der Waals surface area contributed by atoms with Gasteiger partial charge in [0.2, 0.25) is 0 Å². The number of hydrogen-bond donors (Lipinski definition) is 0. The zero-order valence-corrected chi connectivity index (χ0v) is 8.33. The van der Waals surface area contributed by atoms with Crippen LogP contribution in [0, 0.1) is 0 Å². The molecule has 0 N–H and O–H groups in total. The summed E-state index contributed by atoms with van der Waals surface area (Å²) in [6.45, 7) is 0.798. The molecule has 0 saturated carbocycles. The van der Waals surface area contributed by atoms with Gasteiger partial charge in [-0.3, -0.25) is 4.99 Å². The third-order valence-electron chi connectivity index (χ3n) is 3.00. The molecule has 3 rings (SSSR count). The Morgan fingerprint density at radius 3 is 3.20 bits per heavy atom. The van der Waals surface area contributed by atoms with E-state index in [-0.39, 0.29) is 6.10 Å². The second-order valence-corrected chi connectivity index (χ2v) is 3.90. The number of aliphatic imine (C=N–C) groups is 4. The van der Waals surface area contributed by atoms with Crippen LogP contribution >= 0.6 is 0 Å². The molecule has 78 valence electrons. The van der Waals surface area contributed by atoms with Crippen LogP contribution in [-0.2, 0) is 4.74 Å². The minimum absolute atomic E-state index is 0.0462. The smallest absolute Gasteiger partial charge is 0.183 e. The van der Waals surface area contributed by atoms with E-state index < -0.39 is 5.54 Å². The van der Waals surface area contributed by atoms with Crippen LogP contribution in [0.25, 0.3) is 0 Å². The van der Waals surface area contributed by atoms with Crippen molar-refractivity contribution in [3.05, 3.63) is 0 Å². The van der Waals surface area contributed by atoms with Crippen molar-refractivity contribution in [2.75, 3.05) is 6.61 Å². The fourth-order valence-corrected chi connectivity index (χ4v) is 2.20. The SMILES string of the molecule is C1=NC=NC2=NC=NC12C1CCCCO1. The van der Waals surface area contributed by atoms with Crippen LogP contribution in [0.3, 0.4) is 0 Å². The van der Waals surface area contributed by atoms with E-state index in [0.29, 0.717) is 5.84 Å². The van der Waals surface area contributed by atoms with Crippen molar-refractivity contribution in [1.82, 2.24) is 0 Å². The van der Waals surface area contributed by atoms with E-state index in [2.05, 4.69) is 20.0 Å². The number of ether oxygens (including phenoxy) is 1. The first-order valence-electron chi connectivity index (χ1n) is 5.22. The summed E-state index contributed by atoms with van der Waals surface area (Å²) in [4.78, 5) is 16.8. The zero-order valence-electron chi connectivity index (χ0n) is 8.33. The average Bonchev–Trinajstić information content (AvgIpc) is 2.75. The summed E-state index contributed by atoms with van der Waals surface area (Å²) in [5.41, 5.74) is -0.533. The summed E-state index contributed by atoms with van der Waals surface area (Å²) in [6, 6.07) is 0. The summed E-state index contributed by atoms with van der Waals surface area (Å²) < 4.78 is 5.76. The molecule has 0 amide bonds.